The molecule has 0 aliphatic carbocycles. The summed E-state index contributed by atoms with van der Waals surface area (Å²) in [6, 6.07) is 0.344. The molecule has 1 saturated heterocycles. The normalized spacial score (nSPS) is 29.1. The Labute approximate surface area is 53.1 Å². The average molecular weight is 127 g/mol. The van der Waals surface area contributed by atoms with Crippen LogP contribution in [0.4, 0.5) is 0 Å². The van der Waals surface area contributed by atoms with Gasteiger partial charge in [-0.15, -0.1) is 0 Å². The highest BCUT2D eigenvalue weighted by atomic mass is 16.5. The molecule has 2 aliphatic rings. The van der Waals surface area contributed by atoms with Gasteiger partial charge in [-0.1, -0.05) is 0 Å². The second-order valence-corrected chi connectivity index (χ2v) is 2.57. The number of amidine groups is 1. The van der Waals surface area contributed by atoms with Crippen molar-refractivity contribution in [3.8, 4) is 0 Å². The highest BCUT2D eigenvalue weighted by molar-refractivity contribution is 5.74. The fraction of sp³-hybridized carbons (Fsp3) is 0.800. The summed E-state index contributed by atoms with van der Waals surface area (Å²) in [6.45, 7) is 2.48. The summed E-state index contributed by atoms with van der Waals surface area (Å²) in [5.74, 6) is 0. The molecule has 50 valence electrons. The molecule has 0 unspecified atom stereocenters. The molecule has 2 heterocycles. The topological polar surface area (TPSA) is 59.6 Å². The van der Waals surface area contributed by atoms with Crippen LogP contribution in [0.5, 0.6) is 0 Å². The van der Waals surface area contributed by atoms with Crippen LogP contribution in [0.2, 0.25) is 0 Å². The Hall–Kier alpha value is -0.770. The maximum Gasteiger partial charge on any atom is 0.282 e. The molecule has 0 atom stereocenters. The van der Waals surface area contributed by atoms with Crippen molar-refractivity contribution in [1.82, 2.24) is 5.32 Å². The predicted octanol–water partition coefficient (Wildman–Crippen LogP) is -1.33. The van der Waals surface area contributed by atoms with E-state index in [4.69, 9.17) is 10.5 Å². The van der Waals surface area contributed by atoms with Gasteiger partial charge in [-0.3, -0.25) is 0 Å². The lowest BCUT2D eigenvalue weighted by Gasteiger charge is -2.33. The molecular formula is C5H9N3O. The van der Waals surface area contributed by atoms with Crippen LogP contribution < -0.4 is 11.1 Å². The van der Waals surface area contributed by atoms with Crippen LogP contribution in [0.3, 0.4) is 0 Å². The zero-order chi connectivity index (χ0) is 6.32. The van der Waals surface area contributed by atoms with Gasteiger partial charge in [0.2, 0.25) is 0 Å². The third-order valence-corrected chi connectivity index (χ3v) is 1.74. The standard InChI is InChI=1S/C5H9N3O/c6-4-8-5(3-9-4)1-7-2-5/h7H,1-3H2,(H2,6,8). The molecule has 0 radical (unpaired) electrons. The molecule has 1 spiro atoms. The largest absolute Gasteiger partial charge is 0.463 e. The fourth-order valence-electron chi connectivity index (χ4n) is 1.10. The number of ether oxygens (including phenoxy) is 1. The van der Waals surface area contributed by atoms with E-state index in [1.54, 1.807) is 0 Å². The second-order valence-electron chi connectivity index (χ2n) is 2.57. The number of hydrogen-bond acceptors (Lipinski definition) is 4. The molecule has 9 heavy (non-hydrogen) atoms. The first-order valence-electron chi connectivity index (χ1n) is 3.00. The Morgan fingerprint density at radius 3 is 2.67 bits per heavy atom. The van der Waals surface area contributed by atoms with Crippen molar-refractivity contribution in [2.45, 2.75) is 5.54 Å². The molecule has 4 nitrogen and oxygen atoms in total. The summed E-state index contributed by atoms with van der Waals surface area (Å²) in [6.07, 6.45) is 0. The van der Waals surface area contributed by atoms with E-state index in [1.807, 2.05) is 0 Å². The molecule has 0 bridgehead atoms. The summed E-state index contributed by atoms with van der Waals surface area (Å²) in [5, 5.41) is 3.12. The van der Waals surface area contributed by atoms with Gasteiger partial charge in [0, 0.05) is 13.1 Å². The molecule has 0 saturated carbocycles. The molecule has 0 aromatic carbocycles. The maximum atomic E-state index is 5.32. The number of nitrogens with one attached hydrogen (secondary N) is 1. The van der Waals surface area contributed by atoms with Crippen molar-refractivity contribution in [2.75, 3.05) is 19.7 Å². The van der Waals surface area contributed by atoms with E-state index in [-0.39, 0.29) is 5.54 Å². The monoisotopic (exact) mass is 127 g/mol. The van der Waals surface area contributed by atoms with Crippen LogP contribution in [-0.2, 0) is 4.74 Å². The van der Waals surface area contributed by atoms with Crippen molar-refractivity contribution in [3.05, 3.63) is 0 Å². The van der Waals surface area contributed by atoms with Gasteiger partial charge in [0.05, 0.1) is 0 Å². The van der Waals surface area contributed by atoms with E-state index in [9.17, 15) is 0 Å². The van der Waals surface area contributed by atoms with Crippen LogP contribution in [0.1, 0.15) is 0 Å². The second kappa shape index (κ2) is 1.39. The van der Waals surface area contributed by atoms with Crippen LogP contribution in [0.25, 0.3) is 0 Å². The Morgan fingerprint density at radius 1 is 1.67 bits per heavy atom. The Balaban J connectivity index is 2.15. The summed E-state index contributed by atoms with van der Waals surface area (Å²) in [4.78, 5) is 4.14. The van der Waals surface area contributed by atoms with E-state index < -0.39 is 0 Å². The van der Waals surface area contributed by atoms with Crippen LogP contribution in [0, 0.1) is 0 Å². The number of hydrogen-bond donors (Lipinski definition) is 2. The minimum atomic E-state index is 0.0179. The quantitative estimate of drug-likeness (QED) is 0.424. The predicted molar refractivity (Wildman–Crippen MR) is 33.2 cm³/mol. The molecule has 2 aliphatic heterocycles. The lowest BCUT2D eigenvalue weighted by molar-refractivity contribution is 0.195. The van der Waals surface area contributed by atoms with Crippen molar-refractivity contribution < 1.29 is 4.74 Å². The Bertz CT molecular complexity index is 162. The third-order valence-electron chi connectivity index (χ3n) is 1.74. The Morgan fingerprint density at radius 2 is 2.44 bits per heavy atom. The lowest BCUT2D eigenvalue weighted by Crippen LogP contribution is -2.59. The first kappa shape index (κ1) is 5.05. The molecule has 3 N–H and O–H groups in total. The fourth-order valence-corrected chi connectivity index (χ4v) is 1.10. The summed E-state index contributed by atoms with van der Waals surface area (Å²) in [7, 11) is 0. The minimum Gasteiger partial charge on any atom is -0.463 e. The molecule has 0 aromatic heterocycles. The average Bonchev–Trinajstić information content (AvgIpc) is 2.09. The molecule has 2 rings (SSSR count). The summed E-state index contributed by atoms with van der Waals surface area (Å²) in [5.41, 5.74) is 5.34. The number of aliphatic imine (C=N–C) groups is 1. The van der Waals surface area contributed by atoms with Gasteiger partial charge in [-0.25, -0.2) is 4.99 Å². The number of rotatable bonds is 0. The van der Waals surface area contributed by atoms with Gasteiger partial charge in [0.1, 0.15) is 12.1 Å². The highest BCUT2D eigenvalue weighted by Crippen LogP contribution is 2.21. The number of nitrogens with two attached hydrogens (primary N) is 1. The smallest absolute Gasteiger partial charge is 0.282 e. The zero-order valence-corrected chi connectivity index (χ0v) is 5.05. The van der Waals surface area contributed by atoms with Crippen molar-refractivity contribution in [2.24, 2.45) is 10.7 Å². The van der Waals surface area contributed by atoms with E-state index in [1.165, 1.54) is 0 Å². The van der Waals surface area contributed by atoms with Gasteiger partial charge in [-0.05, 0) is 0 Å². The van der Waals surface area contributed by atoms with E-state index in [0.717, 1.165) is 13.1 Å². The van der Waals surface area contributed by atoms with E-state index in [2.05, 4.69) is 10.3 Å². The molecule has 4 heteroatoms. The summed E-state index contributed by atoms with van der Waals surface area (Å²) >= 11 is 0. The lowest BCUT2D eigenvalue weighted by atomic mass is 9.95. The van der Waals surface area contributed by atoms with Gasteiger partial charge in [0.25, 0.3) is 6.02 Å². The minimum absolute atomic E-state index is 0.0179. The molecular weight excluding hydrogens is 118 g/mol. The molecule has 0 amide bonds. The maximum absolute atomic E-state index is 5.32. The zero-order valence-electron chi connectivity index (χ0n) is 5.05. The summed E-state index contributed by atoms with van der Waals surface area (Å²) < 4.78 is 5.00. The van der Waals surface area contributed by atoms with Crippen molar-refractivity contribution in [1.29, 1.82) is 0 Å². The first-order chi connectivity index (χ1) is 4.31. The molecule has 0 aromatic rings. The van der Waals surface area contributed by atoms with Gasteiger partial charge in [0.15, 0.2) is 0 Å². The van der Waals surface area contributed by atoms with E-state index in [0.29, 0.717) is 12.6 Å². The Kier molecular flexibility index (Phi) is 0.778. The van der Waals surface area contributed by atoms with E-state index >= 15 is 0 Å². The number of nitrogens with zero attached hydrogens (tertiary/aromatic N) is 1. The van der Waals surface area contributed by atoms with Crippen LogP contribution in [0.15, 0.2) is 4.99 Å². The first-order valence-corrected chi connectivity index (χ1v) is 3.00. The highest BCUT2D eigenvalue weighted by Gasteiger charge is 2.41. The molecule has 1 fully saturated rings. The SMILES string of the molecule is NC1=NC2(CNC2)CO1. The van der Waals surface area contributed by atoms with Crippen LogP contribution >= 0.6 is 0 Å². The van der Waals surface area contributed by atoms with Gasteiger partial charge >= 0.3 is 0 Å². The van der Waals surface area contributed by atoms with Crippen LogP contribution in [-0.4, -0.2) is 31.3 Å². The van der Waals surface area contributed by atoms with Gasteiger partial charge in [-0.2, -0.15) is 0 Å². The van der Waals surface area contributed by atoms with Crippen molar-refractivity contribution >= 4 is 6.02 Å². The van der Waals surface area contributed by atoms with Crippen molar-refractivity contribution in [3.63, 3.8) is 0 Å². The third kappa shape index (κ3) is 0.595. The van der Waals surface area contributed by atoms with Gasteiger partial charge < -0.3 is 15.8 Å².